The van der Waals surface area contributed by atoms with Gasteiger partial charge in [-0.05, 0) is 89.3 Å². The highest BCUT2D eigenvalue weighted by Gasteiger charge is 2.51. The SMILES string of the molecule is CC(C)c1ccc2c(c1)[C@]1(C)CCC[C@@](C)(CNS(=O)(=O)c3ccc(F)cc3)[C@@H]1CC2. The molecule has 5 heteroatoms. The number of halogens is 1. The van der Waals surface area contributed by atoms with Crippen LogP contribution in [0, 0.1) is 17.2 Å². The average Bonchev–Trinajstić information content (AvgIpc) is 2.72. The van der Waals surface area contributed by atoms with Crippen molar-refractivity contribution in [3.05, 3.63) is 65.0 Å². The predicted octanol–water partition coefficient (Wildman–Crippen LogP) is 5.94. The summed E-state index contributed by atoms with van der Waals surface area (Å²) in [6.45, 7) is 9.52. The number of hydrogen-bond donors (Lipinski definition) is 1. The molecule has 2 aliphatic carbocycles. The third-order valence-corrected chi connectivity index (χ3v) is 9.38. The van der Waals surface area contributed by atoms with Gasteiger partial charge < -0.3 is 0 Å². The summed E-state index contributed by atoms with van der Waals surface area (Å²) in [6.07, 6.45) is 5.38. The molecule has 0 unspecified atom stereocenters. The Hall–Kier alpha value is -1.72. The van der Waals surface area contributed by atoms with Crippen molar-refractivity contribution in [3.63, 3.8) is 0 Å². The molecule has 2 aromatic rings. The molecule has 0 radical (unpaired) electrons. The molecule has 0 saturated heterocycles. The van der Waals surface area contributed by atoms with Gasteiger partial charge in [0.1, 0.15) is 5.82 Å². The zero-order valence-corrected chi connectivity index (χ0v) is 19.9. The minimum Gasteiger partial charge on any atom is -0.211 e. The molecule has 3 nitrogen and oxygen atoms in total. The molecular formula is C26H34FNO2S. The van der Waals surface area contributed by atoms with E-state index in [4.69, 9.17) is 0 Å². The van der Waals surface area contributed by atoms with E-state index in [0.717, 1.165) is 32.1 Å². The summed E-state index contributed by atoms with van der Waals surface area (Å²) in [4.78, 5) is 0.117. The van der Waals surface area contributed by atoms with Crippen molar-refractivity contribution in [3.8, 4) is 0 Å². The smallest absolute Gasteiger partial charge is 0.211 e. The molecule has 31 heavy (non-hydrogen) atoms. The van der Waals surface area contributed by atoms with Crippen molar-refractivity contribution in [1.29, 1.82) is 0 Å². The summed E-state index contributed by atoms with van der Waals surface area (Å²) in [6, 6.07) is 12.0. The third kappa shape index (κ3) is 4.07. The van der Waals surface area contributed by atoms with E-state index >= 15 is 0 Å². The summed E-state index contributed by atoms with van der Waals surface area (Å²) in [7, 11) is -3.67. The van der Waals surface area contributed by atoms with Gasteiger partial charge in [0.05, 0.1) is 4.90 Å². The number of benzene rings is 2. The molecule has 0 aliphatic heterocycles. The van der Waals surface area contributed by atoms with E-state index in [2.05, 4.69) is 50.6 Å². The van der Waals surface area contributed by atoms with Gasteiger partial charge in [-0.2, -0.15) is 0 Å². The highest BCUT2D eigenvalue weighted by Crippen LogP contribution is 2.57. The summed E-state index contributed by atoms with van der Waals surface area (Å²) < 4.78 is 41.8. The maximum Gasteiger partial charge on any atom is 0.240 e. The maximum absolute atomic E-state index is 13.2. The van der Waals surface area contributed by atoms with Gasteiger partial charge in [0.25, 0.3) is 0 Å². The first-order valence-electron chi connectivity index (χ1n) is 11.4. The van der Waals surface area contributed by atoms with Crippen molar-refractivity contribution in [2.75, 3.05) is 6.54 Å². The lowest BCUT2D eigenvalue weighted by Gasteiger charge is -2.55. The van der Waals surface area contributed by atoms with E-state index in [0.29, 0.717) is 18.4 Å². The second-order valence-corrected chi connectivity index (χ2v) is 12.1. The molecule has 1 N–H and O–H groups in total. The topological polar surface area (TPSA) is 46.2 Å². The zero-order valence-electron chi connectivity index (χ0n) is 19.0. The summed E-state index contributed by atoms with van der Waals surface area (Å²) in [5, 5.41) is 0. The quantitative estimate of drug-likeness (QED) is 0.622. The second kappa shape index (κ2) is 8.00. The Morgan fingerprint density at radius 2 is 1.81 bits per heavy atom. The number of aryl methyl sites for hydroxylation is 1. The minimum atomic E-state index is -3.67. The normalized spacial score (nSPS) is 28.3. The summed E-state index contributed by atoms with van der Waals surface area (Å²) in [5.41, 5.74) is 4.25. The van der Waals surface area contributed by atoms with E-state index in [1.807, 2.05) is 0 Å². The Bertz CT molecular complexity index is 1060. The molecule has 1 fully saturated rings. The van der Waals surface area contributed by atoms with E-state index in [9.17, 15) is 12.8 Å². The van der Waals surface area contributed by atoms with Gasteiger partial charge in [-0.25, -0.2) is 17.5 Å². The van der Waals surface area contributed by atoms with E-state index in [-0.39, 0.29) is 15.7 Å². The fourth-order valence-electron chi connectivity index (χ4n) is 6.14. The molecule has 0 amide bonds. The predicted molar refractivity (Wildman–Crippen MR) is 123 cm³/mol. The number of rotatable bonds is 5. The molecule has 0 bridgehead atoms. The van der Waals surface area contributed by atoms with Crippen molar-refractivity contribution < 1.29 is 12.8 Å². The lowest BCUT2D eigenvalue weighted by Crippen LogP contribution is -2.53. The summed E-state index contributed by atoms with van der Waals surface area (Å²) >= 11 is 0. The minimum absolute atomic E-state index is 0.0623. The van der Waals surface area contributed by atoms with Crippen molar-refractivity contribution >= 4 is 10.0 Å². The van der Waals surface area contributed by atoms with E-state index in [1.54, 1.807) is 0 Å². The molecule has 0 spiro atoms. The fourth-order valence-corrected chi connectivity index (χ4v) is 7.32. The van der Waals surface area contributed by atoms with E-state index < -0.39 is 15.8 Å². The van der Waals surface area contributed by atoms with Crippen LogP contribution in [0.25, 0.3) is 0 Å². The monoisotopic (exact) mass is 443 g/mol. The van der Waals surface area contributed by atoms with Crippen LogP contribution in [0.1, 0.15) is 76.0 Å². The highest BCUT2D eigenvalue weighted by molar-refractivity contribution is 7.89. The van der Waals surface area contributed by atoms with Gasteiger partial charge in [0.15, 0.2) is 0 Å². The number of hydrogen-bond acceptors (Lipinski definition) is 2. The van der Waals surface area contributed by atoms with Gasteiger partial charge in [0, 0.05) is 6.54 Å². The number of sulfonamides is 1. The fraction of sp³-hybridized carbons (Fsp3) is 0.538. The Morgan fingerprint density at radius 3 is 2.48 bits per heavy atom. The van der Waals surface area contributed by atoms with Crippen LogP contribution in [0.5, 0.6) is 0 Å². The van der Waals surface area contributed by atoms with Gasteiger partial charge in [-0.3, -0.25) is 0 Å². The Labute approximate surface area is 186 Å². The second-order valence-electron chi connectivity index (χ2n) is 10.4. The van der Waals surface area contributed by atoms with Crippen LogP contribution in [-0.2, 0) is 21.9 Å². The average molecular weight is 444 g/mol. The first-order chi connectivity index (χ1) is 14.6. The van der Waals surface area contributed by atoms with Gasteiger partial charge in [-0.15, -0.1) is 0 Å². The Kier molecular flexibility index (Phi) is 5.80. The van der Waals surface area contributed by atoms with Crippen LogP contribution in [-0.4, -0.2) is 15.0 Å². The Morgan fingerprint density at radius 1 is 1.10 bits per heavy atom. The molecule has 2 aromatic carbocycles. The van der Waals surface area contributed by atoms with Crippen LogP contribution in [0.4, 0.5) is 4.39 Å². The van der Waals surface area contributed by atoms with Crippen molar-refractivity contribution in [2.24, 2.45) is 11.3 Å². The number of fused-ring (bicyclic) bond motifs is 3. The van der Waals surface area contributed by atoms with Crippen LogP contribution < -0.4 is 4.72 Å². The molecule has 4 rings (SSSR count). The zero-order chi connectivity index (χ0) is 22.4. The molecule has 3 atom stereocenters. The Balaban J connectivity index is 1.61. The van der Waals surface area contributed by atoms with E-state index in [1.165, 1.54) is 41.0 Å². The largest absolute Gasteiger partial charge is 0.240 e. The first kappa shape index (κ1) is 22.5. The first-order valence-corrected chi connectivity index (χ1v) is 12.9. The maximum atomic E-state index is 13.2. The van der Waals surface area contributed by atoms with Crippen LogP contribution in [0.2, 0.25) is 0 Å². The standard InChI is InChI=1S/C26H34FNO2S/c1-18(2)20-7-6-19-8-13-24-25(3,14-5-15-26(24,4)23(19)16-20)17-28-31(29,30)22-11-9-21(27)10-12-22/h6-7,9-12,16,18,24,28H,5,8,13-15,17H2,1-4H3/t24-,25-,26-/m0/s1. The molecule has 2 aliphatic rings. The molecule has 168 valence electrons. The van der Waals surface area contributed by atoms with Crippen molar-refractivity contribution in [1.82, 2.24) is 4.72 Å². The van der Waals surface area contributed by atoms with Crippen LogP contribution in [0.15, 0.2) is 47.4 Å². The lowest BCUT2D eigenvalue weighted by molar-refractivity contribution is 0.0298. The highest BCUT2D eigenvalue weighted by atomic mass is 32.2. The molecule has 0 aromatic heterocycles. The van der Waals surface area contributed by atoms with Crippen LogP contribution >= 0.6 is 0 Å². The van der Waals surface area contributed by atoms with Crippen molar-refractivity contribution in [2.45, 2.75) is 76.0 Å². The third-order valence-electron chi connectivity index (χ3n) is 7.96. The summed E-state index contributed by atoms with van der Waals surface area (Å²) in [5.74, 6) is 0.474. The number of nitrogens with one attached hydrogen (secondary N) is 1. The molecular weight excluding hydrogens is 409 g/mol. The molecule has 0 heterocycles. The molecule has 1 saturated carbocycles. The van der Waals surface area contributed by atoms with Gasteiger partial charge >= 0.3 is 0 Å². The van der Waals surface area contributed by atoms with Gasteiger partial charge in [-0.1, -0.05) is 52.3 Å². The van der Waals surface area contributed by atoms with Crippen LogP contribution in [0.3, 0.4) is 0 Å². The van der Waals surface area contributed by atoms with Gasteiger partial charge in [0.2, 0.25) is 10.0 Å². The lowest BCUT2D eigenvalue weighted by atomic mass is 9.49.